The molecule has 12 heteroatoms. The third-order valence-corrected chi connectivity index (χ3v) is 15.0. The van der Waals surface area contributed by atoms with Gasteiger partial charge in [0.1, 0.15) is 11.3 Å². The summed E-state index contributed by atoms with van der Waals surface area (Å²) in [4.78, 5) is 18.4. The van der Waals surface area contributed by atoms with Crippen molar-refractivity contribution in [3.63, 3.8) is 0 Å². The summed E-state index contributed by atoms with van der Waals surface area (Å²) in [6.07, 6.45) is 3.72. The first-order valence-electron chi connectivity index (χ1n) is 28.2. The van der Waals surface area contributed by atoms with Gasteiger partial charge in [0.2, 0.25) is 0 Å². The van der Waals surface area contributed by atoms with E-state index in [2.05, 4.69) is 238 Å². The molecular formula is C74H58N10Pt2. The number of hydrogen-bond acceptors (Lipinski definition) is 6. The van der Waals surface area contributed by atoms with E-state index in [9.17, 15) is 0 Å². The number of hydrogen-bond donors (Lipinski definition) is 0. The molecule has 0 bridgehead atoms. The molecule has 86 heavy (non-hydrogen) atoms. The molecule has 0 fully saturated rings. The molecule has 0 aliphatic carbocycles. The van der Waals surface area contributed by atoms with Crippen molar-refractivity contribution in [3.05, 3.63) is 267 Å². The van der Waals surface area contributed by atoms with E-state index in [0.29, 0.717) is 11.6 Å². The summed E-state index contributed by atoms with van der Waals surface area (Å²) in [7, 11) is 0. The fourth-order valence-electron chi connectivity index (χ4n) is 10.9. The minimum atomic E-state index is -0.0416. The summed E-state index contributed by atoms with van der Waals surface area (Å²) in [5.41, 5.74) is 8.33. The third kappa shape index (κ3) is 11.4. The van der Waals surface area contributed by atoms with Crippen LogP contribution < -0.4 is 10.2 Å². The fourth-order valence-corrected chi connectivity index (χ4v) is 10.9. The van der Waals surface area contributed by atoms with Crippen LogP contribution in [0.2, 0.25) is 0 Å². The van der Waals surface area contributed by atoms with E-state index in [1.807, 2.05) is 97.3 Å². The maximum Gasteiger partial charge on any atom is 2.00 e. The Hall–Kier alpha value is -9.20. The molecular weight excluding hydrogens is 1420 g/mol. The Balaban J connectivity index is 0.000000123. The monoisotopic (exact) mass is 1480 g/mol. The van der Waals surface area contributed by atoms with Crippen molar-refractivity contribution in [2.45, 2.75) is 52.4 Å². The largest absolute Gasteiger partial charge is 2.00 e. The van der Waals surface area contributed by atoms with Crippen LogP contribution in [-0.2, 0) is 53.0 Å². The maximum atomic E-state index is 4.76. The quantitative estimate of drug-likeness (QED) is 0.157. The Morgan fingerprint density at radius 1 is 0.337 bits per heavy atom. The van der Waals surface area contributed by atoms with Gasteiger partial charge in [0.15, 0.2) is 0 Å². The van der Waals surface area contributed by atoms with Gasteiger partial charge in [-0.15, -0.1) is 10.8 Å². The second-order valence-corrected chi connectivity index (χ2v) is 22.8. The first kappa shape index (κ1) is 58.6. The van der Waals surface area contributed by atoms with Crippen molar-refractivity contribution in [1.29, 1.82) is 0 Å². The number of rotatable bonds is 2. The van der Waals surface area contributed by atoms with Crippen LogP contribution in [0.1, 0.15) is 53.2 Å². The zero-order valence-electron chi connectivity index (χ0n) is 48.2. The second kappa shape index (κ2) is 24.8. The molecule has 10 nitrogen and oxygen atoms in total. The summed E-state index contributed by atoms with van der Waals surface area (Å²) in [6.45, 7) is 12.5. The SMILES string of the molecule is CC(C)(C)c1nc(-c2ccccc2)n[n-]1.CC(C)(C)c1nc(-c2ccccc2)n[n-]1.[Pt+2].[Pt+2].[c-]1cccc2c3cccc4c5ccccc5ccc5cccnc5n(c12)c43.[c-]1cccc2c3cccc4c5ccccc5ccc5cccnc5n(c12)c43. The number of aromatic nitrogens is 10. The molecule has 0 aliphatic heterocycles. The number of benzene rings is 8. The van der Waals surface area contributed by atoms with Gasteiger partial charge >= 0.3 is 42.1 Å². The minimum absolute atomic E-state index is 0. The predicted molar refractivity (Wildman–Crippen MR) is 345 cm³/mol. The Labute approximate surface area is 527 Å². The molecule has 0 radical (unpaired) electrons. The molecule has 0 spiro atoms. The summed E-state index contributed by atoms with van der Waals surface area (Å²) in [5.74, 6) is 3.00. The van der Waals surface area contributed by atoms with Crippen molar-refractivity contribution in [3.8, 4) is 22.8 Å². The van der Waals surface area contributed by atoms with Gasteiger partial charge in [-0.1, -0.05) is 234 Å². The number of pyridine rings is 2. The molecule has 0 atom stereocenters. The van der Waals surface area contributed by atoms with Gasteiger partial charge in [-0.05, 0) is 78.5 Å². The molecule has 8 aromatic heterocycles. The molecule has 8 aromatic carbocycles. The standard InChI is InChI=1S/2C25H15N2.2C12H14N3.2Pt/c2*1-2-9-19-17(7-1)14-15-18-8-6-16-26-25(18)27-23-13-4-3-10-20(23)22-12-5-11-21(19)24(22)27;2*1-12(2,3)11-13-10(14-15-11)9-7-5-4-6-8-9;;/h2*1-12,14-16H;2*4-8H,1-3H3;;/q4*-1;2*+2. The molecule has 0 aliphatic rings. The van der Waals surface area contributed by atoms with Crippen LogP contribution in [0.25, 0.3) is 121 Å². The minimum Gasteiger partial charge on any atom is -0.421 e. The van der Waals surface area contributed by atoms with E-state index < -0.39 is 0 Å². The first-order chi connectivity index (χ1) is 41.0. The van der Waals surface area contributed by atoms with Gasteiger partial charge in [0.05, 0.1) is 11.6 Å². The zero-order valence-corrected chi connectivity index (χ0v) is 52.7. The smallest absolute Gasteiger partial charge is 0.421 e. The van der Waals surface area contributed by atoms with Crippen LogP contribution in [-0.4, -0.2) is 38.9 Å². The van der Waals surface area contributed by atoms with Crippen LogP contribution in [0, 0.1) is 12.1 Å². The second-order valence-electron chi connectivity index (χ2n) is 22.8. The normalized spacial score (nSPS) is 11.4. The van der Waals surface area contributed by atoms with E-state index in [-0.39, 0.29) is 53.0 Å². The molecule has 16 aromatic rings. The zero-order chi connectivity index (χ0) is 57.4. The summed E-state index contributed by atoms with van der Waals surface area (Å²) < 4.78 is 4.53. The fraction of sp³-hybridized carbons (Fsp3) is 0.108. The number of fused-ring (bicyclic) bond motifs is 14. The molecule has 0 unspecified atom stereocenters. The Morgan fingerprint density at radius 2 is 0.674 bits per heavy atom. The van der Waals surface area contributed by atoms with Crippen molar-refractivity contribution in [2.24, 2.45) is 0 Å². The van der Waals surface area contributed by atoms with E-state index in [1.165, 1.54) is 64.9 Å². The predicted octanol–water partition coefficient (Wildman–Crippen LogP) is 17.4. The Morgan fingerprint density at radius 3 is 1.07 bits per heavy atom. The van der Waals surface area contributed by atoms with Gasteiger partial charge < -0.3 is 29.0 Å². The van der Waals surface area contributed by atoms with Crippen LogP contribution in [0.5, 0.6) is 0 Å². The topological polar surface area (TPSA) is 114 Å². The van der Waals surface area contributed by atoms with Gasteiger partial charge in [0.25, 0.3) is 0 Å². The third-order valence-electron chi connectivity index (χ3n) is 15.0. The van der Waals surface area contributed by atoms with Crippen LogP contribution in [0.4, 0.5) is 0 Å². The molecule has 0 saturated heterocycles. The summed E-state index contributed by atoms with van der Waals surface area (Å²) >= 11 is 0. The summed E-state index contributed by atoms with van der Waals surface area (Å²) in [5, 5.41) is 30.8. The first-order valence-corrected chi connectivity index (χ1v) is 28.2. The molecule has 0 saturated carbocycles. The van der Waals surface area contributed by atoms with E-state index in [4.69, 9.17) is 9.97 Å². The average molecular weight is 1480 g/mol. The Kier molecular flexibility index (Phi) is 16.9. The van der Waals surface area contributed by atoms with Crippen molar-refractivity contribution < 1.29 is 42.1 Å². The number of nitrogens with zero attached hydrogens (tertiary/aromatic N) is 10. The van der Waals surface area contributed by atoms with E-state index in [0.717, 1.165) is 55.9 Å². The van der Waals surface area contributed by atoms with Gasteiger partial charge in [0, 0.05) is 45.0 Å². The van der Waals surface area contributed by atoms with Gasteiger partial charge in [-0.3, -0.25) is 10.2 Å². The van der Waals surface area contributed by atoms with Crippen LogP contribution in [0.3, 0.4) is 0 Å². The maximum absolute atomic E-state index is 4.76. The van der Waals surface area contributed by atoms with Crippen molar-refractivity contribution >= 4 is 98.0 Å². The van der Waals surface area contributed by atoms with Crippen LogP contribution >= 0.6 is 0 Å². The average Bonchev–Trinajstić information content (AvgIpc) is 1.65. The number of para-hydroxylation sites is 4. The summed E-state index contributed by atoms with van der Waals surface area (Å²) in [6, 6.07) is 86.3. The van der Waals surface area contributed by atoms with Gasteiger partial charge in [-0.2, -0.15) is 48.5 Å². The van der Waals surface area contributed by atoms with Gasteiger partial charge in [-0.25, -0.2) is 9.97 Å². The van der Waals surface area contributed by atoms with E-state index >= 15 is 0 Å². The molecule has 0 N–H and O–H groups in total. The molecule has 0 amide bonds. The molecule has 424 valence electrons. The Bertz CT molecular complexity index is 4810. The molecule has 8 heterocycles. The molecule has 16 rings (SSSR count). The van der Waals surface area contributed by atoms with Crippen molar-refractivity contribution in [1.82, 2.24) is 49.1 Å². The van der Waals surface area contributed by atoms with Crippen molar-refractivity contribution in [2.75, 3.05) is 0 Å². The van der Waals surface area contributed by atoms with Crippen LogP contribution in [0.15, 0.2) is 243 Å². The van der Waals surface area contributed by atoms with E-state index in [1.54, 1.807) is 0 Å².